The zero-order chi connectivity index (χ0) is 11.6. The van der Waals surface area contributed by atoms with E-state index in [0.29, 0.717) is 6.04 Å². The van der Waals surface area contributed by atoms with Gasteiger partial charge in [0, 0.05) is 20.1 Å². The lowest BCUT2D eigenvalue weighted by molar-refractivity contribution is -0.00272. The molecule has 0 saturated carbocycles. The van der Waals surface area contributed by atoms with Crippen molar-refractivity contribution in [3.63, 3.8) is 0 Å². The Kier molecular flexibility index (Phi) is 3.60. The normalized spacial score (nSPS) is 18.5. The molecule has 0 bridgehead atoms. The summed E-state index contributed by atoms with van der Waals surface area (Å²) >= 11 is 0. The Balaban J connectivity index is 2.35. The maximum absolute atomic E-state index is 11.7. The molecule has 0 aromatic carbocycles. The molecule has 1 aliphatic heterocycles. The van der Waals surface area contributed by atoms with Crippen LogP contribution in [-0.4, -0.2) is 54.2 Å². The number of nitrogens with zero attached hydrogens (tertiary/aromatic N) is 2. The van der Waals surface area contributed by atoms with Crippen LogP contribution in [0.1, 0.15) is 27.7 Å². The Labute approximate surface area is 92.2 Å². The van der Waals surface area contributed by atoms with Crippen LogP contribution in [0.4, 0.5) is 4.79 Å². The van der Waals surface area contributed by atoms with Gasteiger partial charge >= 0.3 is 6.09 Å². The average Bonchev–Trinajstić information content (AvgIpc) is 1.98. The molecule has 0 aliphatic carbocycles. The van der Waals surface area contributed by atoms with E-state index in [9.17, 15) is 4.79 Å². The Morgan fingerprint density at radius 1 is 1.47 bits per heavy atom. The van der Waals surface area contributed by atoms with Gasteiger partial charge in [-0.2, -0.15) is 0 Å². The highest BCUT2D eigenvalue weighted by atomic mass is 16.6. The van der Waals surface area contributed by atoms with Crippen LogP contribution in [-0.2, 0) is 4.74 Å². The Morgan fingerprint density at radius 3 is 2.40 bits per heavy atom. The predicted octanol–water partition coefficient (Wildman–Crippen LogP) is 1.56. The number of hydrogen-bond donors (Lipinski definition) is 0. The third kappa shape index (κ3) is 3.38. The van der Waals surface area contributed by atoms with Crippen LogP contribution in [0, 0.1) is 0 Å². The SMILES string of the molecule is CCN1CC(N(C)C(=O)OC(C)(C)C)C1. The number of amides is 1. The minimum atomic E-state index is -0.403. The highest BCUT2D eigenvalue weighted by molar-refractivity contribution is 5.68. The van der Waals surface area contributed by atoms with Crippen molar-refractivity contribution in [2.45, 2.75) is 39.3 Å². The van der Waals surface area contributed by atoms with Crippen LogP contribution in [0.15, 0.2) is 0 Å². The predicted molar refractivity (Wildman–Crippen MR) is 59.9 cm³/mol. The Hall–Kier alpha value is -0.770. The van der Waals surface area contributed by atoms with Crippen molar-refractivity contribution in [1.82, 2.24) is 9.80 Å². The maximum atomic E-state index is 11.7. The molecule has 1 aliphatic rings. The van der Waals surface area contributed by atoms with Crippen molar-refractivity contribution in [1.29, 1.82) is 0 Å². The molecule has 15 heavy (non-hydrogen) atoms. The van der Waals surface area contributed by atoms with Crippen molar-refractivity contribution in [2.75, 3.05) is 26.7 Å². The van der Waals surface area contributed by atoms with Crippen LogP contribution in [0.2, 0.25) is 0 Å². The van der Waals surface area contributed by atoms with Crippen molar-refractivity contribution >= 4 is 6.09 Å². The van der Waals surface area contributed by atoms with E-state index < -0.39 is 5.60 Å². The number of hydrogen-bond acceptors (Lipinski definition) is 3. The van der Waals surface area contributed by atoms with Gasteiger partial charge in [-0.3, -0.25) is 4.90 Å². The van der Waals surface area contributed by atoms with Gasteiger partial charge < -0.3 is 9.64 Å². The minimum absolute atomic E-state index is 0.219. The van der Waals surface area contributed by atoms with Crippen molar-refractivity contribution in [3.8, 4) is 0 Å². The lowest BCUT2D eigenvalue weighted by Gasteiger charge is -2.43. The first-order valence-electron chi connectivity index (χ1n) is 5.51. The van der Waals surface area contributed by atoms with Crippen molar-refractivity contribution in [3.05, 3.63) is 0 Å². The molecular formula is C11H22N2O2. The fourth-order valence-electron chi connectivity index (χ4n) is 1.53. The van der Waals surface area contributed by atoms with Crippen LogP contribution < -0.4 is 0 Å². The molecular weight excluding hydrogens is 192 g/mol. The standard InChI is InChI=1S/C11H22N2O2/c1-6-13-7-9(8-13)12(5)10(14)15-11(2,3)4/h9H,6-8H2,1-5H3. The van der Waals surface area contributed by atoms with E-state index in [2.05, 4.69) is 11.8 Å². The van der Waals surface area contributed by atoms with E-state index in [1.54, 1.807) is 4.90 Å². The Bertz CT molecular complexity index is 229. The number of likely N-dealkylation sites (N-methyl/N-ethyl adjacent to an activating group) is 2. The summed E-state index contributed by atoms with van der Waals surface area (Å²) < 4.78 is 5.29. The molecule has 88 valence electrons. The third-order valence-corrected chi connectivity index (χ3v) is 2.61. The van der Waals surface area contributed by atoms with Crippen LogP contribution >= 0.6 is 0 Å². The minimum Gasteiger partial charge on any atom is -0.444 e. The van der Waals surface area contributed by atoms with E-state index in [1.807, 2.05) is 27.8 Å². The number of rotatable bonds is 2. The van der Waals surface area contributed by atoms with E-state index >= 15 is 0 Å². The molecule has 1 fully saturated rings. The molecule has 4 heteroatoms. The van der Waals surface area contributed by atoms with Crippen LogP contribution in [0.3, 0.4) is 0 Å². The number of carbonyl (C=O) groups excluding carboxylic acids is 1. The van der Waals surface area contributed by atoms with Gasteiger partial charge in [-0.05, 0) is 27.3 Å². The van der Waals surface area contributed by atoms with E-state index in [0.717, 1.165) is 19.6 Å². The molecule has 0 radical (unpaired) electrons. The second kappa shape index (κ2) is 4.39. The fourth-order valence-corrected chi connectivity index (χ4v) is 1.53. The first-order chi connectivity index (χ1) is 6.83. The number of carbonyl (C=O) groups is 1. The summed E-state index contributed by atoms with van der Waals surface area (Å²) in [5.41, 5.74) is -0.403. The highest BCUT2D eigenvalue weighted by Gasteiger charge is 2.33. The van der Waals surface area contributed by atoms with E-state index in [4.69, 9.17) is 4.74 Å². The van der Waals surface area contributed by atoms with E-state index in [1.165, 1.54) is 0 Å². The smallest absolute Gasteiger partial charge is 0.410 e. The molecule has 1 amide bonds. The van der Waals surface area contributed by atoms with Crippen molar-refractivity contribution in [2.24, 2.45) is 0 Å². The average molecular weight is 214 g/mol. The molecule has 0 unspecified atom stereocenters. The molecule has 0 aromatic rings. The summed E-state index contributed by atoms with van der Waals surface area (Å²) in [5.74, 6) is 0. The topological polar surface area (TPSA) is 32.8 Å². The quantitative estimate of drug-likeness (QED) is 0.699. The van der Waals surface area contributed by atoms with Gasteiger partial charge in [0.1, 0.15) is 5.60 Å². The first-order valence-corrected chi connectivity index (χ1v) is 5.51. The fraction of sp³-hybridized carbons (Fsp3) is 0.909. The second-order valence-corrected chi connectivity index (χ2v) is 5.10. The first kappa shape index (κ1) is 12.3. The zero-order valence-electron chi connectivity index (χ0n) is 10.4. The van der Waals surface area contributed by atoms with Gasteiger partial charge in [-0.25, -0.2) is 4.79 Å². The Morgan fingerprint density at radius 2 is 2.00 bits per heavy atom. The zero-order valence-corrected chi connectivity index (χ0v) is 10.4. The third-order valence-electron chi connectivity index (χ3n) is 2.61. The molecule has 0 N–H and O–H groups in total. The summed E-state index contributed by atoms with van der Waals surface area (Å²) in [7, 11) is 1.81. The number of ether oxygens (including phenoxy) is 1. The summed E-state index contributed by atoms with van der Waals surface area (Å²) in [4.78, 5) is 15.7. The largest absolute Gasteiger partial charge is 0.444 e. The second-order valence-electron chi connectivity index (χ2n) is 5.10. The van der Waals surface area contributed by atoms with Crippen LogP contribution in [0.25, 0.3) is 0 Å². The van der Waals surface area contributed by atoms with Gasteiger partial charge in [-0.15, -0.1) is 0 Å². The van der Waals surface area contributed by atoms with Gasteiger partial charge in [0.25, 0.3) is 0 Å². The summed E-state index contributed by atoms with van der Waals surface area (Å²) in [6.45, 7) is 10.8. The van der Waals surface area contributed by atoms with E-state index in [-0.39, 0.29) is 6.09 Å². The molecule has 1 rings (SSSR count). The molecule has 1 heterocycles. The molecule has 1 saturated heterocycles. The van der Waals surface area contributed by atoms with Gasteiger partial charge in [0.15, 0.2) is 0 Å². The molecule has 4 nitrogen and oxygen atoms in total. The lowest BCUT2D eigenvalue weighted by atomic mass is 10.1. The van der Waals surface area contributed by atoms with Crippen LogP contribution in [0.5, 0.6) is 0 Å². The molecule has 0 spiro atoms. The monoisotopic (exact) mass is 214 g/mol. The number of likely N-dealkylation sites (tertiary alicyclic amines) is 1. The van der Waals surface area contributed by atoms with Crippen molar-refractivity contribution < 1.29 is 9.53 Å². The van der Waals surface area contributed by atoms with Gasteiger partial charge in [-0.1, -0.05) is 6.92 Å². The lowest BCUT2D eigenvalue weighted by Crippen LogP contribution is -2.59. The maximum Gasteiger partial charge on any atom is 0.410 e. The summed E-state index contributed by atoms with van der Waals surface area (Å²) in [6, 6.07) is 0.319. The van der Waals surface area contributed by atoms with Gasteiger partial charge in [0.05, 0.1) is 6.04 Å². The highest BCUT2D eigenvalue weighted by Crippen LogP contribution is 2.16. The molecule has 0 aromatic heterocycles. The van der Waals surface area contributed by atoms with Gasteiger partial charge in [0.2, 0.25) is 0 Å². The summed E-state index contributed by atoms with van der Waals surface area (Å²) in [6.07, 6.45) is -0.219. The molecule has 0 atom stereocenters. The summed E-state index contributed by atoms with van der Waals surface area (Å²) in [5, 5.41) is 0.